The number of halogens is 4. The van der Waals surface area contributed by atoms with E-state index in [1.54, 1.807) is 30.3 Å². The van der Waals surface area contributed by atoms with E-state index in [2.05, 4.69) is 9.97 Å². The standard InChI is InChI=1S/C22H11Cl3FN3/c23-12-3-6-18-14(7-12)15(8-19(27-18)11-1-4-13(26)5-2-11)22-28-20-9-16(24)17(25)10-21(20)29-22/h1-10H,(H,28,29). The molecule has 3 aromatic carbocycles. The van der Waals surface area contributed by atoms with Crippen LogP contribution >= 0.6 is 34.8 Å². The number of nitrogens with zero attached hydrogens (tertiary/aromatic N) is 2. The summed E-state index contributed by atoms with van der Waals surface area (Å²) in [7, 11) is 0. The Balaban J connectivity index is 1.79. The van der Waals surface area contributed by atoms with Crippen LogP contribution in [0.25, 0.3) is 44.6 Å². The number of H-pyrrole nitrogens is 1. The molecule has 0 aliphatic heterocycles. The number of aromatic amines is 1. The Morgan fingerprint density at radius 1 is 0.759 bits per heavy atom. The Morgan fingerprint density at radius 3 is 2.31 bits per heavy atom. The molecule has 0 spiro atoms. The van der Waals surface area contributed by atoms with Gasteiger partial charge in [0, 0.05) is 21.5 Å². The maximum atomic E-state index is 13.4. The highest BCUT2D eigenvalue weighted by atomic mass is 35.5. The summed E-state index contributed by atoms with van der Waals surface area (Å²) in [6.07, 6.45) is 0. The van der Waals surface area contributed by atoms with Crippen molar-refractivity contribution in [2.75, 3.05) is 0 Å². The quantitative estimate of drug-likeness (QED) is 0.307. The molecule has 0 saturated carbocycles. The van der Waals surface area contributed by atoms with E-state index < -0.39 is 0 Å². The topological polar surface area (TPSA) is 41.6 Å². The number of rotatable bonds is 2. The van der Waals surface area contributed by atoms with Gasteiger partial charge in [0.2, 0.25) is 0 Å². The second-order valence-electron chi connectivity index (χ2n) is 6.59. The van der Waals surface area contributed by atoms with E-state index in [4.69, 9.17) is 39.8 Å². The second kappa shape index (κ2) is 6.99. The van der Waals surface area contributed by atoms with Crippen LogP contribution in [0.5, 0.6) is 0 Å². The molecule has 29 heavy (non-hydrogen) atoms. The molecule has 5 aromatic rings. The molecule has 0 fully saturated rings. The summed E-state index contributed by atoms with van der Waals surface area (Å²) in [5.41, 5.74) is 4.54. The van der Waals surface area contributed by atoms with Gasteiger partial charge in [0.05, 0.1) is 32.3 Å². The lowest BCUT2D eigenvalue weighted by atomic mass is 10.0. The number of aromatic nitrogens is 3. The first-order valence-electron chi connectivity index (χ1n) is 8.69. The minimum atomic E-state index is -0.299. The molecule has 0 aliphatic carbocycles. The van der Waals surface area contributed by atoms with Crippen LogP contribution in [0.2, 0.25) is 15.1 Å². The zero-order valence-corrected chi connectivity index (χ0v) is 16.9. The van der Waals surface area contributed by atoms with Gasteiger partial charge in [-0.05, 0) is 60.7 Å². The van der Waals surface area contributed by atoms with Crippen molar-refractivity contribution in [1.29, 1.82) is 0 Å². The number of pyridine rings is 1. The van der Waals surface area contributed by atoms with Crippen molar-refractivity contribution in [1.82, 2.24) is 15.0 Å². The van der Waals surface area contributed by atoms with E-state index in [-0.39, 0.29) is 5.82 Å². The van der Waals surface area contributed by atoms with Gasteiger partial charge in [0.15, 0.2) is 0 Å². The van der Waals surface area contributed by atoms with E-state index in [1.165, 1.54) is 12.1 Å². The fourth-order valence-electron chi connectivity index (χ4n) is 3.29. The molecular formula is C22H11Cl3FN3. The molecule has 1 N–H and O–H groups in total. The third-order valence-electron chi connectivity index (χ3n) is 4.69. The number of nitrogens with one attached hydrogen (secondary N) is 1. The van der Waals surface area contributed by atoms with Crippen molar-refractivity contribution in [3.05, 3.63) is 81.5 Å². The highest BCUT2D eigenvalue weighted by molar-refractivity contribution is 6.42. The Hall–Kier alpha value is -2.66. The van der Waals surface area contributed by atoms with Gasteiger partial charge in [-0.2, -0.15) is 0 Å². The van der Waals surface area contributed by atoms with Crippen molar-refractivity contribution in [2.45, 2.75) is 0 Å². The van der Waals surface area contributed by atoms with Gasteiger partial charge in [0.1, 0.15) is 11.6 Å². The van der Waals surface area contributed by atoms with Crippen molar-refractivity contribution in [2.24, 2.45) is 0 Å². The number of hydrogen-bond donors (Lipinski definition) is 1. The highest BCUT2D eigenvalue weighted by Crippen LogP contribution is 2.34. The molecule has 0 bridgehead atoms. The lowest BCUT2D eigenvalue weighted by Crippen LogP contribution is -1.91. The summed E-state index contributed by atoms with van der Waals surface area (Å²) in [5.74, 6) is 0.337. The van der Waals surface area contributed by atoms with E-state index >= 15 is 0 Å². The molecule has 2 heterocycles. The molecule has 0 radical (unpaired) electrons. The summed E-state index contributed by atoms with van der Waals surface area (Å²) < 4.78 is 13.4. The van der Waals surface area contributed by atoms with Gasteiger partial charge in [-0.1, -0.05) is 34.8 Å². The minimum Gasteiger partial charge on any atom is -0.338 e. The van der Waals surface area contributed by atoms with Crippen LogP contribution in [0.1, 0.15) is 0 Å². The molecular weight excluding hydrogens is 432 g/mol. The fraction of sp³-hybridized carbons (Fsp3) is 0. The number of hydrogen-bond acceptors (Lipinski definition) is 2. The van der Waals surface area contributed by atoms with Crippen LogP contribution in [0.15, 0.2) is 60.7 Å². The highest BCUT2D eigenvalue weighted by Gasteiger charge is 2.14. The second-order valence-corrected chi connectivity index (χ2v) is 7.84. The Bertz CT molecular complexity index is 1360. The molecule has 0 atom stereocenters. The van der Waals surface area contributed by atoms with Gasteiger partial charge in [0.25, 0.3) is 0 Å². The summed E-state index contributed by atoms with van der Waals surface area (Å²) in [5, 5.41) is 2.33. The number of benzene rings is 3. The molecule has 0 saturated heterocycles. The zero-order chi connectivity index (χ0) is 20.1. The smallest absolute Gasteiger partial charge is 0.139 e. The summed E-state index contributed by atoms with van der Waals surface area (Å²) >= 11 is 18.5. The van der Waals surface area contributed by atoms with Gasteiger partial charge in [-0.15, -0.1) is 0 Å². The summed E-state index contributed by atoms with van der Waals surface area (Å²) in [4.78, 5) is 12.7. The monoisotopic (exact) mass is 441 g/mol. The maximum absolute atomic E-state index is 13.4. The largest absolute Gasteiger partial charge is 0.338 e. The first kappa shape index (κ1) is 18.4. The third-order valence-corrected chi connectivity index (χ3v) is 5.65. The summed E-state index contributed by atoms with van der Waals surface area (Å²) in [6.45, 7) is 0. The number of imidazole rings is 1. The molecule has 0 aliphatic rings. The predicted molar refractivity (Wildman–Crippen MR) is 117 cm³/mol. The molecule has 5 rings (SSSR count). The predicted octanol–water partition coefficient (Wildman–Crippen LogP) is 7.54. The van der Waals surface area contributed by atoms with Crippen LogP contribution in [-0.4, -0.2) is 15.0 Å². The minimum absolute atomic E-state index is 0.299. The van der Waals surface area contributed by atoms with Crippen LogP contribution < -0.4 is 0 Å². The third kappa shape index (κ3) is 3.33. The van der Waals surface area contributed by atoms with Gasteiger partial charge in [-0.25, -0.2) is 14.4 Å². The summed E-state index contributed by atoms with van der Waals surface area (Å²) in [6, 6.07) is 17.1. The van der Waals surface area contributed by atoms with E-state index in [1.807, 2.05) is 18.2 Å². The van der Waals surface area contributed by atoms with Crippen molar-refractivity contribution < 1.29 is 4.39 Å². The first-order valence-corrected chi connectivity index (χ1v) is 9.83. The van der Waals surface area contributed by atoms with Crippen molar-refractivity contribution in [3.8, 4) is 22.6 Å². The van der Waals surface area contributed by atoms with Gasteiger partial charge in [-0.3, -0.25) is 0 Å². The Labute approximate surface area is 180 Å². The van der Waals surface area contributed by atoms with E-state index in [0.29, 0.717) is 32.1 Å². The molecule has 2 aromatic heterocycles. The van der Waals surface area contributed by atoms with Crippen LogP contribution in [0, 0.1) is 5.82 Å². The van der Waals surface area contributed by atoms with Crippen LogP contribution in [-0.2, 0) is 0 Å². The Kier molecular flexibility index (Phi) is 4.43. The zero-order valence-electron chi connectivity index (χ0n) is 14.7. The fourth-order valence-corrected chi connectivity index (χ4v) is 3.79. The van der Waals surface area contributed by atoms with Crippen LogP contribution in [0.4, 0.5) is 4.39 Å². The van der Waals surface area contributed by atoms with Gasteiger partial charge >= 0.3 is 0 Å². The molecule has 142 valence electrons. The number of fused-ring (bicyclic) bond motifs is 2. The molecule has 0 unspecified atom stereocenters. The SMILES string of the molecule is Fc1ccc(-c2cc(-c3nc4cc(Cl)c(Cl)cc4[nH]3)c3cc(Cl)ccc3n2)cc1. The van der Waals surface area contributed by atoms with Crippen molar-refractivity contribution >= 4 is 56.7 Å². The first-order chi connectivity index (χ1) is 14.0. The van der Waals surface area contributed by atoms with E-state index in [0.717, 1.165) is 27.5 Å². The Morgan fingerprint density at radius 2 is 1.52 bits per heavy atom. The lowest BCUT2D eigenvalue weighted by molar-refractivity contribution is 0.628. The molecule has 0 amide bonds. The van der Waals surface area contributed by atoms with Crippen molar-refractivity contribution in [3.63, 3.8) is 0 Å². The average Bonchev–Trinajstić information content (AvgIpc) is 3.10. The molecule has 7 heteroatoms. The van der Waals surface area contributed by atoms with Gasteiger partial charge < -0.3 is 4.98 Å². The van der Waals surface area contributed by atoms with Crippen LogP contribution in [0.3, 0.4) is 0 Å². The van der Waals surface area contributed by atoms with E-state index in [9.17, 15) is 4.39 Å². The average molecular weight is 443 g/mol. The normalized spacial score (nSPS) is 11.4. The lowest BCUT2D eigenvalue weighted by Gasteiger charge is -2.09. The molecule has 3 nitrogen and oxygen atoms in total. The maximum Gasteiger partial charge on any atom is 0.139 e.